The van der Waals surface area contributed by atoms with Crippen molar-refractivity contribution < 1.29 is 8.78 Å². The average Bonchev–Trinajstić information content (AvgIpc) is 2.78. The number of hydrogen-bond donors (Lipinski definition) is 0. The monoisotopic (exact) mass is 405 g/mol. The van der Waals surface area contributed by atoms with Crippen LogP contribution in [0.15, 0.2) is 84.5 Å². The van der Waals surface area contributed by atoms with E-state index < -0.39 is 0 Å². The maximum Gasteiger partial charge on any atom is 0.123 e. The van der Waals surface area contributed by atoms with Gasteiger partial charge in [-0.05, 0) is 85.7 Å². The molecule has 1 aliphatic heterocycles. The van der Waals surface area contributed by atoms with Crippen LogP contribution in [0.5, 0.6) is 0 Å². The maximum atomic E-state index is 13.5. The third-order valence-corrected chi connectivity index (χ3v) is 6.30. The molecule has 0 amide bonds. The Morgan fingerprint density at radius 2 is 1.50 bits per heavy atom. The summed E-state index contributed by atoms with van der Waals surface area (Å²) >= 11 is 0. The van der Waals surface area contributed by atoms with Crippen LogP contribution in [-0.4, -0.2) is 24.5 Å². The lowest BCUT2D eigenvalue weighted by molar-refractivity contribution is 0.190. The van der Waals surface area contributed by atoms with Crippen LogP contribution in [0.3, 0.4) is 0 Å². The molecular weight excluding hydrogens is 376 g/mol. The van der Waals surface area contributed by atoms with E-state index in [2.05, 4.69) is 35.3 Å². The molecule has 156 valence electrons. The third-order valence-electron chi connectivity index (χ3n) is 6.30. The van der Waals surface area contributed by atoms with Crippen molar-refractivity contribution >= 4 is 0 Å². The van der Waals surface area contributed by atoms with Gasteiger partial charge in [-0.3, -0.25) is 4.90 Å². The Bertz CT molecular complexity index is 855. The summed E-state index contributed by atoms with van der Waals surface area (Å²) in [5.41, 5.74) is 3.62. The van der Waals surface area contributed by atoms with Crippen LogP contribution >= 0.6 is 0 Å². The number of piperidine rings is 1. The Hall–Kier alpha value is -2.52. The first-order valence-electron chi connectivity index (χ1n) is 10.9. The average molecular weight is 406 g/mol. The van der Waals surface area contributed by atoms with E-state index in [-0.39, 0.29) is 17.6 Å². The number of rotatable bonds is 6. The first-order valence-corrected chi connectivity index (χ1v) is 10.9. The second-order valence-electron chi connectivity index (χ2n) is 8.33. The smallest absolute Gasteiger partial charge is 0.123 e. The zero-order chi connectivity index (χ0) is 20.8. The van der Waals surface area contributed by atoms with E-state index in [0.29, 0.717) is 5.92 Å². The third kappa shape index (κ3) is 5.34. The molecule has 1 fully saturated rings. The molecule has 2 aromatic carbocycles. The largest absolute Gasteiger partial charge is 0.300 e. The fraction of sp³-hybridized carbons (Fsp3) is 0.333. The van der Waals surface area contributed by atoms with Crippen LogP contribution in [0.25, 0.3) is 0 Å². The van der Waals surface area contributed by atoms with Gasteiger partial charge in [0.15, 0.2) is 0 Å². The van der Waals surface area contributed by atoms with E-state index in [1.165, 1.54) is 29.8 Å². The molecule has 1 nitrogen and oxygen atoms in total. The molecule has 0 aromatic heterocycles. The first kappa shape index (κ1) is 20.7. The van der Waals surface area contributed by atoms with Crippen LogP contribution < -0.4 is 0 Å². The van der Waals surface area contributed by atoms with Crippen molar-refractivity contribution in [3.05, 3.63) is 107 Å². The molecule has 0 atom stereocenters. The minimum absolute atomic E-state index is 0.170. The highest BCUT2D eigenvalue weighted by atomic mass is 19.1. The van der Waals surface area contributed by atoms with Gasteiger partial charge in [0.2, 0.25) is 0 Å². The summed E-state index contributed by atoms with van der Waals surface area (Å²) in [6, 6.07) is 13.6. The number of benzene rings is 2. The second kappa shape index (κ2) is 9.99. The van der Waals surface area contributed by atoms with E-state index in [9.17, 15) is 8.78 Å². The molecule has 0 N–H and O–H groups in total. The molecule has 0 bridgehead atoms. The summed E-state index contributed by atoms with van der Waals surface area (Å²) in [4.78, 5) is 2.50. The van der Waals surface area contributed by atoms with Crippen molar-refractivity contribution in [2.75, 3.05) is 19.6 Å². The number of halogens is 2. The lowest BCUT2D eigenvalue weighted by Crippen LogP contribution is -2.36. The highest BCUT2D eigenvalue weighted by Crippen LogP contribution is 2.38. The SMILES string of the molecule is Fc1ccc(C(c2ccc(F)cc2)C2CCN(CC=CC3=CC=CCC3)CC2)cc1. The predicted molar refractivity (Wildman–Crippen MR) is 119 cm³/mol. The van der Waals surface area contributed by atoms with E-state index in [0.717, 1.165) is 56.4 Å². The van der Waals surface area contributed by atoms with Crippen molar-refractivity contribution in [2.24, 2.45) is 5.92 Å². The Labute approximate surface area is 178 Å². The number of allylic oxidation sites excluding steroid dienone is 5. The number of hydrogen-bond acceptors (Lipinski definition) is 1. The standard InChI is InChI=1S/C27H29F2N/c28-25-12-8-22(9-13-25)27(23-10-14-26(29)15-11-23)24-16-19-30(20-17-24)18-4-7-21-5-2-1-3-6-21/h1-2,4-5,7-15,24,27H,3,6,16-20H2. The Balaban J connectivity index is 1.42. The van der Waals surface area contributed by atoms with Gasteiger partial charge in [-0.1, -0.05) is 54.6 Å². The van der Waals surface area contributed by atoms with E-state index in [4.69, 9.17) is 0 Å². The Morgan fingerprint density at radius 3 is 2.03 bits per heavy atom. The topological polar surface area (TPSA) is 3.24 Å². The number of nitrogens with zero attached hydrogens (tertiary/aromatic N) is 1. The summed E-state index contributed by atoms with van der Waals surface area (Å²) < 4.78 is 27.0. The van der Waals surface area contributed by atoms with Gasteiger partial charge in [-0.2, -0.15) is 0 Å². The van der Waals surface area contributed by atoms with Crippen molar-refractivity contribution in [3.63, 3.8) is 0 Å². The normalized spacial score (nSPS) is 18.3. The molecule has 0 unspecified atom stereocenters. The molecule has 2 aromatic rings. The van der Waals surface area contributed by atoms with E-state index >= 15 is 0 Å². The van der Waals surface area contributed by atoms with E-state index in [1.807, 2.05) is 24.3 Å². The van der Waals surface area contributed by atoms with E-state index in [1.54, 1.807) is 0 Å². The van der Waals surface area contributed by atoms with Gasteiger partial charge < -0.3 is 0 Å². The van der Waals surface area contributed by atoms with Crippen molar-refractivity contribution in [1.82, 2.24) is 4.90 Å². The molecule has 1 saturated heterocycles. The summed E-state index contributed by atoms with van der Waals surface area (Å²) in [5.74, 6) is 0.194. The summed E-state index contributed by atoms with van der Waals surface area (Å²) in [6.45, 7) is 3.07. The van der Waals surface area contributed by atoms with Gasteiger partial charge >= 0.3 is 0 Å². The minimum atomic E-state index is -0.221. The molecule has 4 rings (SSSR count). The summed E-state index contributed by atoms with van der Waals surface area (Å²) in [7, 11) is 0. The van der Waals surface area contributed by atoms with Gasteiger partial charge in [0.25, 0.3) is 0 Å². The maximum absolute atomic E-state index is 13.5. The lowest BCUT2D eigenvalue weighted by atomic mass is 9.76. The van der Waals surface area contributed by atoms with Gasteiger partial charge in [0.05, 0.1) is 0 Å². The molecule has 0 radical (unpaired) electrons. The van der Waals surface area contributed by atoms with Crippen LogP contribution in [0.2, 0.25) is 0 Å². The summed E-state index contributed by atoms with van der Waals surface area (Å²) in [6.07, 6.45) is 15.5. The van der Waals surface area contributed by atoms with Gasteiger partial charge in [0, 0.05) is 12.5 Å². The van der Waals surface area contributed by atoms with Crippen molar-refractivity contribution in [2.45, 2.75) is 31.6 Å². The fourth-order valence-electron chi connectivity index (χ4n) is 4.66. The fourth-order valence-corrected chi connectivity index (χ4v) is 4.66. The van der Waals surface area contributed by atoms with Crippen LogP contribution in [0.1, 0.15) is 42.7 Å². The first-order chi connectivity index (χ1) is 14.7. The van der Waals surface area contributed by atoms with Crippen molar-refractivity contribution in [3.8, 4) is 0 Å². The molecule has 3 heteroatoms. The van der Waals surface area contributed by atoms with Gasteiger partial charge in [-0.25, -0.2) is 8.78 Å². The van der Waals surface area contributed by atoms with Crippen LogP contribution in [0, 0.1) is 17.6 Å². The van der Waals surface area contributed by atoms with Gasteiger partial charge in [0.1, 0.15) is 11.6 Å². The molecule has 0 spiro atoms. The molecule has 1 heterocycles. The van der Waals surface area contributed by atoms with Crippen LogP contribution in [-0.2, 0) is 0 Å². The minimum Gasteiger partial charge on any atom is -0.300 e. The Kier molecular flexibility index (Phi) is 6.91. The zero-order valence-electron chi connectivity index (χ0n) is 17.3. The highest BCUT2D eigenvalue weighted by molar-refractivity contribution is 5.34. The van der Waals surface area contributed by atoms with Gasteiger partial charge in [-0.15, -0.1) is 0 Å². The summed E-state index contributed by atoms with van der Waals surface area (Å²) in [5, 5.41) is 0. The van der Waals surface area contributed by atoms with Crippen molar-refractivity contribution in [1.29, 1.82) is 0 Å². The molecule has 2 aliphatic rings. The molecule has 30 heavy (non-hydrogen) atoms. The highest BCUT2D eigenvalue weighted by Gasteiger charge is 2.28. The molecule has 1 aliphatic carbocycles. The zero-order valence-corrected chi connectivity index (χ0v) is 17.3. The molecule has 0 saturated carbocycles. The predicted octanol–water partition coefficient (Wildman–Crippen LogP) is 6.64. The molecular formula is C27H29F2N. The Morgan fingerprint density at radius 1 is 0.900 bits per heavy atom. The van der Waals surface area contributed by atoms with Crippen LogP contribution in [0.4, 0.5) is 8.78 Å². The quantitative estimate of drug-likeness (QED) is 0.521. The second-order valence-corrected chi connectivity index (χ2v) is 8.33. The number of likely N-dealkylation sites (tertiary alicyclic amines) is 1. The lowest BCUT2D eigenvalue weighted by Gasteiger charge is -2.36.